The van der Waals surface area contributed by atoms with E-state index in [1.807, 2.05) is 4.57 Å². The van der Waals surface area contributed by atoms with Gasteiger partial charge in [-0.2, -0.15) is 0 Å². The molecule has 1 fully saturated rings. The number of aromatic nitrogens is 2. The summed E-state index contributed by atoms with van der Waals surface area (Å²) in [6.45, 7) is 1.37. The third kappa shape index (κ3) is 3.22. The number of nitrogens with zero attached hydrogens (tertiary/aromatic N) is 3. The highest BCUT2D eigenvalue weighted by molar-refractivity contribution is 5.95. The Labute approximate surface area is 145 Å². The van der Waals surface area contributed by atoms with Gasteiger partial charge in [0.15, 0.2) is 0 Å². The van der Waals surface area contributed by atoms with Crippen LogP contribution in [0.25, 0.3) is 0 Å². The monoisotopic (exact) mass is 340 g/mol. The number of nitrogens with one attached hydrogen (secondary N) is 1. The van der Waals surface area contributed by atoms with Crippen molar-refractivity contribution >= 4 is 11.8 Å². The Morgan fingerprint density at radius 1 is 1.32 bits per heavy atom. The van der Waals surface area contributed by atoms with Crippen molar-refractivity contribution in [2.24, 2.45) is 5.92 Å². The van der Waals surface area contributed by atoms with E-state index in [1.54, 1.807) is 29.6 Å². The molecule has 2 amide bonds. The predicted molar refractivity (Wildman–Crippen MR) is 89.8 cm³/mol. The van der Waals surface area contributed by atoms with Gasteiger partial charge >= 0.3 is 0 Å². The molecule has 25 heavy (non-hydrogen) atoms. The average Bonchev–Trinajstić information content (AvgIpc) is 3.33. The largest absolute Gasteiger partial charge is 0.508 e. The van der Waals surface area contributed by atoms with Gasteiger partial charge in [0.05, 0.1) is 25.1 Å². The number of amides is 2. The van der Waals surface area contributed by atoms with Gasteiger partial charge in [0.2, 0.25) is 5.91 Å². The predicted octanol–water partition coefficient (Wildman–Crippen LogP) is 1.31. The highest BCUT2D eigenvalue weighted by Crippen LogP contribution is 2.28. The summed E-state index contributed by atoms with van der Waals surface area (Å²) in [6, 6.07) is 5.78. The first-order chi connectivity index (χ1) is 12.1. The van der Waals surface area contributed by atoms with Gasteiger partial charge in [0.25, 0.3) is 5.91 Å². The van der Waals surface area contributed by atoms with Crippen molar-refractivity contribution in [2.75, 3.05) is 13.1 Å². The van der Waals surface area contributed by atoms with E-state index < -0.39 is 6.04 Å². The van der Waals surface area contributed by atoms with Crippen LogP contribution in [0.1, 0.15) is 34.9 Å². The number of hydrogen-bond donors (Lipinski definition) is 2. The number of carbonyl (C=O) groups is 2. The lowest BCUT2D eigenvalue weighted by molar-refractivity contribution is -0.125. The number of hydrogen-bond acceptors (Lipinski definition) is 4. The molecule has 7 heteroatoms. The highest BCUT2D eigenvalue weighted by Gasteiger charge is 2.33. The Kier molecular flexibility index (Phi) is 3.91. The van der Waals surface area contributed by atoms with Crippen LogP contribution in [0, 0.1) is 5.92 Å². The maximum absolute atomic E-state index is 12.8. The molecule has 2 aromatic rings. The van der Waals surface area contributed by atoms with Crippen LogP contribution in [0.5, 0.6) is 5.75 Å². The quantitative estimate of drug-likeness (QED) is 0.878. The molecule has 1 aromatic carbocycles. The number of benzene rings is 1. The molecular formula is C18H20N4O3. The van der Waals surface area contributed by atoms with Gasteiger partial charge in [-0.15, -0.1) is 0 Å². The van der Waals surface area contributed by atoms with Crippen molar-refractivity contribution < 1.29 is 14.7 Å². The fraction of sp³-hybridized carbons (Fsp3) is 0.389. The van der Waals surface area contributed by atoms with Crippen LogP contribution in [0.4, 0.5) is 0 Å². The fourth-order valence-electron chi connectivity index (χ4n) is 3.16. The lowest BCUT2D eigenvalue weighted by Crippen LogP contribution is -2.46. The molecular weight excluding hydrogens is 320 g/mol. The van der Waals surface area contributed by atoms with Gasteiger partial charge < -0.3 is 19.9 Å². The Morgan fingerprint density at radius 2 is 2.16 bits per heavy atom. The van der Waals surface area contributed by atoms with Gasteiger partial charge in [0, 0.05) is 18.3 Å². The summed E-state index contributed by atoms with van der Waals surface area (Å²) in [5.41, 5.74) is 1.23. The van der Waals surface area contributed by atoms with Gasteiger partial charge in [-0.05, 0) is 37.0 Å². The van der Waals surface area contributed by atoms with Crippen LogP contribution in [0.3, 0.4) is 0 Å². The third-order valence-corrected chi connectivity index (χ3v) is 4.77. The summed E-state index contributed by atoms with van der Waals surface area (Å²) in [4.78, 5) is 31.2. The Balaban J connectivity index is 1.54. The first kappa shape index (κ1) is 15.7. The van der Waals surface area contributed by atoms with Gasteiger partial charge in [-0.25, -0.2) is 4.98 Å². The minimum atomic E-state index is -0.480. The van der Waals surface area contributed by atoms with E-state index >= 15 is 0 Å². The second-order valence-corrected chi connectivity index (χ2v) is 6.73. The van der Waals surface area contributed by atoms with E-state index in [9.17, 15) is 14.7 Å². The molecule has 1 saturated carbocycles. The van der Waals surface area contributed by atoms with E-state index in [-0.39, 0.29) is 24.1 Å². The molecule has 0 saturated heterocycles. The molecule has 0 bridgehead atoms. The Hall–Kier alpha value is -2.83. The molecule has 4 rings (SSSR count). The number of fused-ring (bicyclic) bond motifs is 1. The first-order valence-electron chi connectivity index (χ1n) is 8.48. The van der Waals surface area contributed by atoms with Crippen molar-refractivity contribution in [1.29, 1.82) is 0 Å². The maximum atomic E-state index is 12.8. The van der Waals surface area contributed by atoms with E-state index in [4.69, 9.17) is 0 Å². The van der Waals surface area contributed by atoms with Crippen molar-refractivity contribution in [3.05, 3.63) is 48.0 Å². The SMILES string of the molecule is O=C(NCC1CC1)[C@@H]1CN(C(=O)c2cccc(O)c2)Cc2cncn21. The van der Waals surface area contributed by atoms with E-state index in [0.29, 0.717) is 24.6 Å². The number of phenolic OH excluding ortho intramolecular Hbond substituents is 1. The summed E-state index contributed by atoms with van der Waals surface area (Å²) in [6.07, 6.45) is 5.67. The zero-order valence-corrected chi connectivity index (χ0v) is 13.8. The van der Waals surface area contributed by atoms with Gasteiger partial charge in [-0.1, -0.05) is 6.07 Å². The second-order valence-electron chi connectivity index (χ2n) is 6.73. The molecule has 1 atom stereocenters. The van der Waals surface area contributed by atoms with E-state index in [2.05, 4.69) is 10.3 Å². The van der Waals surface area contributed by atoms with Crippen molar-refractivity contribution in [1.82, 2.24) is 19.8 Å². The smallest absolute Gasteiger partial charge is 0.254 e. The summed E-state index contributed by atoms with van der Waals surface area (Å²) in [5.74, 6) is 0.356. The van der Waals surface area contributed by atoms with Crippen LogP contribution < -0.4 is 5.32 Å². The van der Waals surface area contributed by atoms with Gasteiger partial charge in [-0.3, -0.25) is 9.59 Å². The first-order valence-corrected chi connectivity index (χ1v) is 8.48. The number of phenols is 1. The Morgan fingerprint density at radius 3 is 2.92 bits per heavy atom. The molecule has 0 unspecified atom stereocenters. The molecule has 7 nitrogen and oxygen atoms in total. The number of carbonyl (C=O) groups excluding carboxylic acids is 2. The molecule has 0 radical (unpaired) electrons. The highest BCUT2D eigenvalue weighted by atomic mass is 16.3. The molecule has 1 aliphatic heterocycles. The number of aromatic hydroxyl groups is 1. The molecule has 1 aliphatic carbocycles. The normalized spacial score (nSPS) is 19.4. The summed E-state index contributed by atoms with van der Waals surface area (Å²) in [7, 11) is 0. The van der Waals surface area contributed by atoms with Crippen LogP contribution in [-0.4, -0.2) is 44.5 Å². The molecule has 130 valence electrons. The van der Waals surface area contributed by atoms with Crippen LogP contribution in [-0.2, 0) is 11.3 Å². The van der Waals surface area contributed by atoms with E-state index in [1.165, 1.54) is 25.0 Å². The third-order valence-electron chi connectivity index (χ3n) is 4.77. The fourth-order valence-corrected chi connectivity index (χ4v) is 3.16. The summed E-state index contributed by atoms with van der Waals surface area (Å²) < 4.78 is 1.84. The molecule has 2 N–H and O–H groups in total. The van der Waals surface area contributed by atoms with Crippen molar-refractivity contribution in [3.8, 4) is 5.75 Å². The summed E-state index contributed by atoms with van der Waals surface area (Å²) in [5, 5.41) is 12.6. The molecule has 1 aromatic heterocycles. The lowest BCUT2D eigenvalue weighted by Gasteiger charge is -2.33. The van der Waals surface area contributed by atoms with Crippen molar-refractivity contribution in [3.63, 3.8) is 0 Å². The van der Waals surface area contributed by atoms with Crippen LogP contribution >= 0.6 is 0 Å². The molecule has 2 aliphatic rings. The average molecular weight is 340 g/mol. The lowest BCUT2D eigenvalue weighted by atomic mass is 10.1. The minimum Gasteiger partial charge on any atom is -0.508 e. The van der Waals surface area contributed by atoms with Crippen LogP contribution in [0.15, 0.2) is 36.8 Å². The number of imidazole rings is 1. The topological polar surface area (TPSA) is 87.5 Å². The molecule has 0 spiro atoms. The Bertz CT molecular complexity index is 812. The van der Waals surface area contributed by atoms with E-state index in [0.717, 1.165) is 5.69 Å². The zero-order chi connectivity index (χ0) is 17.4. The van der Waals surface area contributed by atoms with Crippen molar-refractivity contribution in [2.45, 2.75) is 25.4 Å². The zero-order valence-electron chi connectivity index (χ0n) is 13.8. The van der Waals surface area contributed by atoms with Gasteiger partial charge in [0.1, 0.15) is 11.8 Å². The van der Waals surface area contributed by atoms with Crippen LogP contribution in [0.2, 0.25) is 0 Å². The second kappa shape index (κ2) is 6.23. The summed E-state index contributed by atoms with van der Waals surface area (Å²) >= 11 is 0. The minimum absolute atomic E-state index is 0.0478. The molecule has 2 heterocycles. The standard InChI is InChI=1S/C18H20N4O3/c23-15-3-1-2-13(6-15)18(25)21-9-14-8-19-11-22(14)16(10-21)17(24)20-7-12-4-5-12/h1-3,6,8,11-12,16,23H,4-5,7,9-10H2,(H,20,24)/t16-/m0/s1. The number of rotatable bonds is 4. The maximum Gasteiger partial charge on any atom is 0.254 e.